The third-order valence-electron chi connectivity index (χ3n) is 4.36. The van der Waals surface area contributed by atoms with Crippen molar-refractivity contribution < 1.29 is 0 Å². The molecule has 2 unspecified atom stereocenters. The van der Waals surface area contributed by atoms with E-state index in [-0.39, 0.29) is 0 Å². The van der Waals surface area contributed by atoms with Crippen LogP contribution in [0.3, 0.4) is 0 Å². The van der Waals surface area contributed by atoms with Gasteiger partial charge < -0.3 is 10.2 Å². The molecule has 0 aliphatic carbocycles. The minimum absolute atomic E-state index is 0.732. The number of nitrogens with one attached hydrogen (secondary N) is 1. The summed E-state index contributed by atoms with van der Waals surface area (Å²) in [5.74, 6) is 0. The van der Waals surface area contributed by atoms with Crippen molar-refractivity contribution in [2.45, 2.75) is 48.8 Å². The molecule has 0 saturated carbocycles. The summed E-state index contributed by atoms with van der Waals surface area (Å²) in [6.45, 7) is 7.23. The Hall–Kier alpha value is -0.510. The van der Waals surface area contributed by atoms with Crippen LogP contribution in [-0.4, -0.2) is 42.4 Å². The molecule has 3 rings (SSSR count). The van der Waals surface area contributed by atoms with Crippen LogP contribution in [0.4, 0.5) is 0 Å². The number of hydrogen-bond acceptors (Lipinski definition) is 3. The summed E-state index contributed by atoms with van der Waals surface area (Å²) in [4.78, 5) is 4.19. The smallest absolute Gasteiger partial charge is 0.0263 e. The minimum Gasteiger partial charge on any atom is -0.313 e. The SMILES string of the molecule is CCCN(CC1CCCN1)CC1Cc2ccccc2S1. The number of rotatable bonds is 6. The van der Waals surface area contributed by atoms with Crippen molar-refractivity contribution in [2.75, 3.05) is 26.2 Å². The van der Waals surface area contributed by atoms with Gasteiger partial charge in [-0.1, -0.05) is 25.1 Å². The molecule has 3 heteroatoms. The Morgan fingerprint density at radius 1 is 1.30 bits per heavy atom. The second-order valence-electron chi connectivity index (χ2n) is 6.10. The molecule has 0 spiro atoms. The van der Waals surface area contributed by atoms with Gasteiger partial charge in [-0.05, 0) is 50.4 Å². The molecule has 110 valence electrons. The fourth-order valence-corrected chi connectivity index (χ4v) is 4.81. The van der Waals surface area contributed by atoms with E-state index in [1.165, 1.54) is 56.8 Å². The topological polar surface area (TPSA) is 15.3 Å². The number of fused-ring (bicyclic) bond motifs is 1. The first kappa shape index (κ1) is 14.4. The Morgan fingerprint density at radius 3 is 2.95 bits per heavy atom. The zero-order valence-corrected chi connectivity index (χ0v) is 13.3. The first-order valence-electron chi connectivity index (χ1n) is 8.05. The third-order valence-corrected chi connectivity index (χ3v) is 5.66. The van der Waals surface area contributed by atoms with E-state index in [9.17, 15) is 0 Å². The number of nitrogens with zero attached hydrogens (tertiary/aromatic N) is 1. The molecule has 1 aromatic rings. The van der Waals surface area contributed by atoms with Crippen molar-refractivity contribution in [2.24, 2.45) is 0 Å². The Kier molecular flexibility index (Phi) is 5.03. The molecule has 1 saturated heterocycles. The van der Waals surface area contributed by atoms with Gasteiger partial charge in [0, 0.05) is 29.3 Å². The van der Waals surface area contributed by atoms with Gasteiger partial charge in [-0.25, -0.2) is 0 Å². The van der Waals surface area contributed by atoms with Gasteiger partial charge in [-0.15, -0.1) is 11.8 Å². The molecule has 2 aliphatic heterocycles. The summed E-state index contributed by atoms with van der Waals surface area (Å²) in [6.07, 6.45) is 5.22. The van der Waals surface area contributed by atoms with E-state index in [1.807, 2.05) is 0 Å². The maximum Gasteiger partial charge on any atom is 0.0263 e. The Labute approximate surface area is 127 Å². The summed E-state index contributed by atoms with van der Waals surface area (Å²) >= 11 is 2.09. The largest absolute Gasteiger partial charge is 0.313 e. The van der Waals surface area contributed by atoms with Gasteiger partial charge in [-0.3, -0.25) is 0 Å². The average molecular weight is 290 g/mol. The van der Waals surface area contributed by atoms with Crippen LogP contribution in [0, 0.1) is 0 Å². The van der Waals surface area contributed by atoms with Crippen LogP contribution in [0.2, 0.25) is 0 Å². The molecule has 0 radical (unpaired) electrons. The third kappa shape index (κ3) is 3.57. The van der Waals surface area contributed by atoms with Crippen LogP contribution in [-0.2, 0) is 6.42 Å². The summed E-state index contributed by atoms with van der Waals surface area (Å²) in [5, 5.41) is 4.39. The van der Waals surface area contributed by atoms with Crippen molar-refractivity contribution in [3.8, 4) is 0 Å². The molecule has 0 amide bonds. The normalized spacial score (nSPS) is 25.3. The molecule has 2 atom stereocenters. The molecule has 1 fully saturated rings. The van der Waals surface area contributed by atoms with Gasteiger partial charge in [0.15, 0.2) is 0 Å². The van der Waals surface area contributed by atoms with Crippen LogP contribution in [0.25, 0.3) is 0 Å². The lowest BCUT2D eigenvalue weighted by Crippen LogP contribution is -2.41. The fourth-order valence-electron chi connectivity index (χ4n) is 3.44. The summed E-state index contributed by atoms with van der Waals surface area (Å²) in [7, 11) is 0. The number of benzene rings is 1. The summed E-state index contributed by atoms with van der Waals surface area (Å²) < 4.78 is 0. The van der Waals surface area contributed by atoms with Gasteiger partial charge in [0.05, 0.1) is 0 Å². The quantitative estimate of drug-likeness (QED) is 0.866. The molecule has 20 heavy (non-hydrogen) atoms. The zero-order valence-electron chi connectivity index (χ0n) is 12.5. The second kappa shape index (κ2) is 6.97. The lowest BCUT2D eigenvalue weighted by Gasteiger charge is -2.27. The van der Waals surface area contributed by atoms with E-state index in [0.29, 0.717) is 0 Å². The summed E-state index contributed by atoms with van der Waals surface area (Å²) in [6, 6.07) is 9.65. The molecule has 2 heterocycles. The first-order valence-corrected chi connectivity index (χ1v) is 8.93. The van der Waals surface area contributed by atoms with E-state index in [0.717, 1.165) is 11.3 Å². The monoisotopic (exact) mass is 290 g/mol. The molecular formula is C17H26N2S. The highest BCUT2D eigenvalue weighted by molar-refractivity contribution is 8.00. The Bertz CT molecular complexity index is 404. The van der Waals surface area contributed by atoms with Crippen molar-refractivity contribution in [3.63, 3.8) is 0 Å². The van der Waals surface area contributed by atoms with Gasteiger partial charge in [0.1, 0.15) is 0 Å². The van der Waals surface area contributed by atoms with E-state index in [2.05, 4.69) is 53.2 Å². The fraction of sp³-hybridized carbons (Fsp3) is 0.647. The van der Waals surface area contributed by atoms with E-state index in [1.54, 1.807) is 5.56 Å². The van der Waals surface area contributed by atoms with Crippen molar-refractivity contribution >= 4 is 11.8 Å². The van der Waals surface area contributed by atoms with Crippen molar-refractivity contribution in [1.29, 1.82) is 0 Å². The second-order valence-corrected chi connectivity index (χ2v) is 7.45. The molecule has 1 aromatic carbocycles. The lowest BCUT2D eigenvalue weighted by molar-refractivity contribution is 0.250. The average Bonchev–Trinajstić information content (AvgIpc) is 3.07. The lowest BCUT2D eigenvalue weighted by atomic mass is 10.1. The van der Waals surface area contributed by atoms with E-state index >= 15 is 0 Å². The van der Waals surface area contributed by atoms with E-state index in [4.69, 9.17) is 0 Å². The Balaban J connectivity index is 1.54. The van der Waals surface area contributed by atoms with Crippen LogP contribution in [0.1, 0.15) is 31.7 Å². The van der Waals surface area contributed by atoms with Crippen molar-refractivity contribution in [3.05, 3.63) is 29.8 Å². The predicted molar refractivity (Wildman–Crippen MR) is 87.5 cm³/mol. The highest BCUT2D eigenvalue weighted by Crippen LogP contribution is 2.37. The van der Waals surface area contributed by atoms with Crippen LogP contribution < -0.4 is 5.32 Å². The summed E-state index contributed by atoms with van der Waals surface area (Å²) in [5.41, 5.74) is 1.55. The number of hydrogen-bond donors (Lipinski definition) is 1. The van der Waals surface area contributed by atoms with Crippen LogP contribution in [0.15, 0.2) is 29.2 Å². The van der Waals surface area contributed by atoms with Crippen LogP contribution >= 0.6 is 11.8 Å². The van der Waals surface area contributed by atoms with Gasteiger partial charge >= 0.3 is 0 Å². The molecular weight excluding hydrogens is 264 g/mol. The molecule has 2 nitrogen and oxygen atoms in total. The molecule has 1 N–H and O–H groups in total. The van der Waals surface area contributed by atoms with Crippen LogP contribution in [0.5, 0.6) is 0 Å². The van der Waals surface area contributed by atoms with Gasteiger partial charge in [0.25, 0.3) is 0 Å². The molecule has 2 aliphatic rings. The standard InChI is InChI=1S/C17H26N2S/c1-2-10-19(12-15-7-5-9-18-15)13-16-11-14-6-3-4-8-17(14)20-16/h3-4,6,8,15-16,18H,2,5,7,9-13H2,1H3. The maximum atomic E-state index is 3.64. The molecule has 0 bridgehead atoms. The minimum atomic E-state index is 0.732. The van der Waals surface area contributed by atoms with Gasteiger partial charge in [0.2, 0.25) is 0 Å². The Morgan fingerprint density at radius 2 is 2.20 bits per heavy atom. The maximum absolute atomic E-state index is 3.64. The highest BCUT2D eigenvalue weighted by Gasteiger charge is 2.25. The predicted octanol–water partition coefficient (Wildman–Crippen LogP) is 3.17. The van der Waals surface area contributed by atoms with Crippen molar-refractivity contribution in [1.82, 2.24) is 10.2 Å². The van der Waals surface area contributed by atoms with Gasteiger partial charge in [-0.2, -0.15) is 0 Å². The zero-order chi connectivity index (χ0) is 13.8. The molecule has 0 aromatic heterocycles. The number of thioether (sulfide) groups is 1. The highest BCUT2D eigenvalue weighted by atomic mass is 32.2. The van der Waals surface area contributed by atoms with E-state index < -0.39 is 0 Å². The first-order chi connectivity index (χ1) is 9.85.